The summed E-state index contributed by atoms with van der Waals surface area (Å²) in [4.78, 5) is 23.0. The van der Waals surface area contributed by atoms with Gasteiger partial charge >= 0.3 is 12.1 Å². The molecule has 0 aliphatic heterocycles. The second-order valence-corrected chi connectivity index (χ2v) is 6.86. The van der Waals surface area contributed by atoms with Gasteiger partial charge in [-0.25, -0.2) is 0 Å². The van der Waals surface area contributed by atoms with Crippen LogP contribution in [0.1, 0.15) is 50.7 Å². The Kier molecular flexibility index (Phi) is 4.84. The Morgan fingerprint density at radius 3 is 2.13 bits per heavy atom. The molecule has 6 nitrogen and oxygen atoms in total. The smallest absolute Gasteiger partial charge is 0.433 e. The van der Waals surface area contributed by atoms with E-state index in [1.165, 1.54) is 34.6 Å². The first kappa shape index (κ1) is 19.0. The number of rotatable bonds is 4. The van der Waals surface area contributed by atoms with Gasteiger partial charge in [-0.2, -0.15) is 18.3 Å². The highest BCUT2D eigenvalue weighted by molar-refractivity contribution is 5.95. The fourth-order valence-electron chi connectivity index (χ4n) is 1.77. The number of amides is 1. The molecular weight excluding hydrogens is 315 g/mol. The number of aromatic nitrogens is 2. The summed E-state index contributed by atoms with van der Waals surface area (Å²) in [5, 5.41) is 14.9. The van der Waals surface area contributed by atoms with E-state index in [-0.39, 0.29) is 6.54 Å². The van der Waals surface area contributed by atoms with Crippen molar-refractivity contribution in [3.63, 3.8) is 0 Å². The van der Waals surface area contributed by atoms with Crippen LogP contribution in [0.25, 0.3) is 0 Å². The van der Waals surface area contributed by atoms with Crippen molar-refractivity contribution in [1.29, 1.82) is 0 Å². The summed E-state index contributed by atoms with van der Waals surface area (Å²) in [5.41, 5.74) is -4.05. The summed E-state index contributed by atoms with van der Waals surface area (Å²) < 4.78 is 40.6. The number of nitrogens with zero attached hydrogens (tertiary/aromatic N) is 2. The minimum absolute atomic E-state index is 0.306. The number of carboxylic acid groups (broad SMARTS) is 1. The summed E-state index contributed by atoms with van der Waals surface area (Å²) in [6.07, 6.45) is -3.92. The van der Waals surface area contributed by atoms with Crippen molar-refractivity contribution in [2.24, 2.45) is 5.41 Å². The van der Waals surface area contributed by atoms with E-state index in [1.54, 1.807) is 0 Å². The maximum Gasteiger partial charge on any atom is 0.433 e. The van der Waals surface area contributed by atoms with Crippen LogP contribution < -0.4 is 5.32 Å². The molecule has 2 N–H and O–H groups in total. The molecule has 0 atom stereocenters. The van der Waals surface area contributed by atoms with Gasteiger partial charge in [-0.05, 0) is 34.6 Å². The summed E-state index contributed by atoms with van der Waals surface area (Å²) in [6, 6.07) is 0. The van der Waals surface area contributed by atoms with Crippen LogP contribution in [-0.4, -0.2) is 33.3 Å². The fraction of sp³-hybridized carbons (Fsp3) is 0.643. The largest absolute Gasteiger partial charge is 0.481 e. The third-order valence-electron chi connectivity index (χ3n) is 3.19. The molecule has 0 aromatic carbocycles. The van der Waals surface area contributed by atoms with Crippen LogP contribution >= 0.6 is 0 Å². The van der Waals surface area contributed by atoms with Crippen LogP contribution in [0.4, 0.5) is 13.2 Å². The predicted molar refractivity (Wildman–Crippen MR) is 76.0 cm³/mol. The van der Waals surface area contributed by atoms with Gasteiger partial charge in [0.05, 0.1) is 22.7 Å². The molecule has 1 aromatic heterocycles. The molecule has 130 valence electrons. The molecule has 0 saturated heterocycles. The maximum absolute atomic E-state index is 13.3. The Bertz CT molecular complexity index is 613. The topological polar surface area (TPSA) is 84.2 Å². The molecule has 1 amide bonds. The Morgan fingerprint density at radius 2 is 1.74 bits per heavy atom. The predicted octanol–water partition coefficient (Wildman–Crippen LogP) is 2.50. The Balaban J connectivity index is 3.17. The van der Waals surface area contributed by atoms with Crippen LogP contribution in [0, 0.1) is 5.41 Å². The van der Waals surface area contributed by atoms with Gasteiger partial charge in [0.15, 0.2) is 5.69 Å². The monoisotopic (exact) mass is 335 g/mol. The summed E-state index contributed by atoms with van der Waals surface area (Å²) >= 11 is 0. The molecule has 0 radical (unpaired) electrons. The van der Waals surface area contributed by atoms with Crippen molar-refractivity contribution in [1.82, 2.24) is 15.1 Å². The number of alkyl halides is 3. The molecule has 0 aliphatic carbocycles. The molecule has 0 unspecified atom stereocenters. The number of carbonyl (C=O) groups excluding carboxylic acids is 1. The molecule has 9 heteroatoms. The molecule has 0 spiro atoms. The first-order valence-corrected chi connectivity index (χ1v) is 6.85. The Labute approximate surface area is 131 Å². The average Bonchev–Trinajstić information content (AvgIpc) is 2.80. The molecule has 23 heavy (non-hydrogen) atoms. The van der Waals surface area contributed by atoms with Crippen LogP contribution in [0.15, 0.2) is 6.20 Å². The normalized spacial score (nSPS) is 13.0. The van der Waals surface area contributed by atoms with Crippen molar-refractivity contribution in [2.45, 2.75) is 46.3 Å². The molecular formula is C14H20F3N3O3. The number of hydrogen-bond donors (Lipinski definition) is 2. The van der Waals surface area contributed by atoms with Gasteiger partial charge in [-0.15, -0.1) is 0 Å². The minimum Gasteiger partial charge on any atom is -0.481 e. The van der Waals surface area contributed by atoms with E-state index in [9.17, 15) is 22.8 Å². The fourth-order valence-corrected chi connectivity index (χ4v) is 1.77. The van der Waals surface area contributed by atoms with Gasteiger partial charge < -0.3 is 10.4 Å². The van der Waals surface area contributed by atoms with E-state index < -0.39 is 40.3 Å². The maximum atomic E-state index is 13.3. The number of aliphatic carboxylic acids is 1. The summed E-state index contributed by atoms with van der Waals surface area (Å²) in [5.74, 6) is -2.18. The van der Waals surface area contributed by atoms with Gasteiger partial charge in [0.25, 0.3) is 5.91 Å². The summed E-state index contributed by atoms with van der Waals surface area (Å²) in [6.45, 7) is 7.01. The lowest BCUT2D eigenvalue weighted by molar-refractivity contribution is -0.147. The number of nitrogens with one attached hydrogen (secondary N) is 1. The zero-order valence-electron chi connectivity index (χ0n) is 13.6. The molecule has 0 bridgehead atoms. The molecule has 0 saturated carbocycles. The van der Waals surface area contributed by atoms with E-state index in [0.29, 0.717) is 0 Å². The second kappa shape index (κ2) is 5.86. The molecule has 1 aromatic rings. The highest BCUT2D eigenvalue weighted by Crippen LogP contribution is 2.34. The van der Waals surface area contributed by atoms with E-state index in [1.807, 2.05) is 0 Å². The highest BCUT2D eigenvalue weighted by atomic mass is 19.4. The van der Waals surface area contributed by atoms with Crippen molar-refractivity contribution >= 4 is 11.9 Å². The molecule has 1 rings (SSSR count). The van der Waals surface area contributed by atoms with Gasteiger partial charge in [0.1, 0.15) is 0 Å². The minimum atomic E-state index is -4.77. The van der Waals surface area contributed by atoms with Crippen molar-refractivity contribution in [2.75, 3.05) is 6.54 Å². The van der Waals surface area contributed by atoms with Crippen molar-refractivity contribution in [3.8, 4) is 0 Å². The standard InChI is InChI=1S/C14H20F3N3O3/c1-12(2,3)20-9(14(15,16)17)8(6-19-20)10(21)18-7-13(4,5)11(22)23/h6H,7H2,1-5H3,(H,18,21)(H,22,23). The first-order chi connectivity index (χ1) is 10.2. The van der Waals surface area contributed by atoms with Gasteiger partial charge in [-0.3, -0.25) is 14.3 Å². The molecule has 0 aliphatic rings. The van der Waals surface area contributed by atoms with Gasteiger partial charge in [-0.1, -0.05) is 0 Å². The lowest BCUT2D eigenvalue weighted by Crippen LogP contribution is -2.39. The lowest BCUT2D eigenvalue weighted by Gasteiger charge is -2.24. The number of halogens is 3. The average molecular weight is 335 g/mol. The van der Waals surface area contributed by atoms with Crippen LogP contribution in [0.2, 0.25) is 0 Å². The third-order valence-corrected chi connectivity index (χ3v) is 3.19. The van der Waals surface area contributed by atoms with Crippen LogP contribution in [-0.2, 0) is 16.5 Å². The lowest BCUT2D eigenvalue weighted by atomic mass is 9.94. The Morgan fingerprint density at radius 1 is 1.22 bits per heavy atom. The van der Waals surface area contributed by atoms with E-state index in [4.69, 9.17) is 5.11 Å². The van der Waals surface area contributed by atoms with E-state index in [2.05, 4.69) is 10.4 Å². The molecule has 0 fully saturated rings. The highest BCUT2D eigenvalue weighted by Gasteiger charge is 2.42. The van der Waals surface area contributed by atoms with E-state index in [0.717, 1.165) is 10.9 Å². The van der Waals surface area contributed by atoms with Crippen molar-refractivity contribution < 1.29 is 27.9 Å². The zero-order chi connectivity index (χ0) is 18.2. The Hall–Kier alpha value is -2.06. The number of hydrogen-bond acceptors (Lipinski definition) is 3. The second-order valence-electron chi connectivity index (χ2n) is 6.86. The third kappa shape index (κ3) is 4.23. The zero-order valence-corrected chi connectivity index (χ0v) is 13.6. The van der Waals surface area contributed by atoms with Crippen LogP contribution in [0.5, 0.6) is 0 Å². The summed E-state index contributed by atoms with van der Waals surface area (Å²) in [7, 11) is 0. The SMILES string of the molecule is CC(C)(CNC(=O)c1cnn(C(C)(C)C)c1C(F)(F)F)C(=O)O. The van der Waals surface area contributed by atoms with Gasteiger partial charge in [0.2, 0.25) is 0 Å². The van der Waals surface area contributed by atoms with Crippen LogP contribution in [0.3, 0.4) is 0 Å². The number of carboxylic acids is 1. The van der Waals surface area contributed by atoms with E-state index >= 15 is 0 Å². The first-order valence-electron chi connectivity index (χ1n) is 6.85. The number of carbonyl (C=O) groups is 2. The van der Waals surface area contributed by atoms with Gasteiger partial charge in [0, 0.05) is 6.54 Å². The van der Waals surface area contributed by atoms with Crippen molar-refractivity contribution in [3.05, 3.63) is 17.5 Å². The molecule has 1 heterocycles. The quantitative estimate of drug-likeness (QED) is 0.885.